The molecule has 4 rings (SSSR count). The molecular formula is C24H24N2. The fourth-order valence-electron chi connectivity index (χ4n) is 3.51. The Hall–Kier alpha value is -2.87. The summed E-state index contributed by atoms with van der Waals surface area (Å²) in [6, 6.07) is 21.0. The van der Waals surface area contributed by atoms with E-state index in [4.69, 9.17) is 4.99 Å². The first kappa shape index (κ1) is 16.6. The maximum atomic E-state index is 5.10. The van der Waals surface area contributed by atoms with E-state index in [1.165, 1.54) is 16.8 Å². The van der Waals surface area contributed by atoms with Crippen LogP contribution in [0.4, 0.5) is 0 Å². The number of aliphatic imine (C=N–C) groups is 1. The summed E-state index contributed by atoms with van der Waals surface area (Å²) in [5.74, 6) is 0.606. The summed E-state index contributed by atoms with van der Waals surface area (Å²) in [7, 11) is 2.14. The molecule has 1 heterocycles. The highest BCUT2D eigenvalue weighted by Crippen LogP contribution is 2.31. The maximum Gasteiger partial charge on any atom is 0.147 e. The summed E-state index contributed by atoms with van der Waals surface area (Å²) in [5, 5.41) is 0. The van der Waals surface area contributed by atoms with Crippen molar-refractivity contribution >= 4 is 11.4 Å². The standard InChI is InChI=1S/C24H24N2/c1-18-13-15-21(16-14-18)24-25-22(19-9-5-3-6-10-19)17-23(26(24)2)20-11-7-4-8-12-20/h3-13,15-18,24H,14H2,1-2H3. The fraction of sp³-hybridized carbons (Fsp3) is 0.208. The predicted octanol–water partition coefficient (Wildman–Crippen LogP) is 5.31. The van der Waals surface area contributed by atoms with E-state index in [2.05, 4.69) is 97.8 Å². The monoisotopic (exact) mass is 340 g/mol. The average molecular weight is 340 g/mol. The van der Waals surface area contributed by atoms with Gasteiger partial charge in [-0.2, -0.15) is 0 Å². The zero-order valence-electron chi connectivity index (χ0n) is 15.3. The number of hydrogen-bond donors (Lipinski definition) is 0. The minimum atomic E-state index is 0.00848. The van der Waals surface area contributed by atoms with Gasteiger partial charge in [0.15, 0.2) is 0 Å². The van der Waals surface area contributed by atoms with Gasteiger partial charge in [-0.1, -0.05) is 85.8 Å². The number of hydrogen-bond acceptors (Lipinski definition) is 2. The first-order valence-corrected chi connectivity index (χ1v) is 9.24. The molecule has 2 heteroatoms. The summed E-state index contributed by atoms with van der Waals surface area (Å²) in [4.78, 5) is 7.39. The highest BCUT2D eigenvalue weighted by Gasteiger charge is 2.26. The summed E-state index contributed by atoms with van der Waals surface area (Å²) in [6.07, 6.45) is 10.2. The second-order valence-corrected chi connectivity index (χ2v) is 7.04. The van der Waals surface area contributed by atoms with Gasteiger partial charge in [-0.25, -0.2) is 0 Å². The molecule has 2 atom stereocenters. The van der Waals surface area contributed by atoms with E-state index in [0.29, 0.717) is 5.92 Å². The van der Waals surface area contributed by atoms with Crippen molar-refractivity contribution in [3.8, 4) is 0 Å². The molecule has 0 saturated heterocycles. The molecule has 2 nitrogen and oxygen atoms in total. The minimum Gasteiger partial charge on any atom is -0.349 e. The quantitative estimate of drug-likeness (QED) is 0.739. The van der Waals surface area contributed by atoms with Crippen LogP contribution in [-0.2, 0) is 0 Å². The lowest BCUT2D eigenvalue weighted by Crippen LogP contribution is -2.35. The Labute approximate surface area is 155 Å². The highest BCUT2D eigenvalue weighted by atomic mass is 15.2. The van der Waals surface area contributed by atoms with Gasteiger partial charge in [0, 0.05) is 12.7 Å². The molecule has 0 N–H and O–H groups in total. The van der Waals surface area contributed by atoms with E-state index in [0.717, 1.165) is 17.7 Å². The molecule has 2 aliphatic rings. The summed E-state index contributed by atoms with van der Waals surface area (Å²) in [6.45, 7) is 2.25. The molecule has 130 valence electrons. The van der Waals surface area contributed by atoms with Gasteiger partial charge in [-0.3, -0.25) is 4.99 Å². The van der Waals surface area contributed by atoms with Gasteiger partial charge < -0.3 is 4.90 Å². The van der Waals surface area contributed by atoms with Crippen molar-refractivity contribution in [2.24, 2.45) is 10.9 Å². The van der Waals surface area contributed by atoms with Gasteiger partial charge in [0.2, 0.25) is 0 Å². The SMILES string of the molecule is CC1C=CC(C2N=C(c3ccccc3)C=C(c3ccccc3)N2C)=CC1. The van der Waals surface area contributed by atoms with Gasteiger partial charge in [0.25, 0.3) is 0 Å². The molecule has 0 fully saturated rings. The van der Waals surface area contributed by atoms with Crippen LogP contribution in [0.2, 0.25) is 0 Å². The zero-order valence-corrected chi connectivity index (χ0v) is 15.3. The van der Waals surface area contributed by atoms with Crippen LogP contribution in [0.15, 0.2) is 95.5 Å². The third kappa shape index (κ3) is 3.28. The molecule has 0 radical (unpaired) electrons. The van der Waals surface area contributed by atoms with Crippen LogP contribution in [0, 0.1) is 5.92 Å². The third-order valence-electron chi connectivity index (χ3n) is 5.06. The second-order valence-electron chi connectivity index (χ2n) is 7.04. The largest absolute Gasteiger partial charge is 0.349 e. The van der Waals surface area contributed by atoms with Crippen molar-refractivity contribution in [3.63, 3.8) is 0 Å². The first-order chi connectivity index (χ1) is 12.7. The lowest BCUT2D eigenvalue weighted by Gasteiger charge is -2.35. The number of allylic oxidation sites excluding steroid dienone is 3. The van der Waals surface area contributed by atoms with Crippen molar-refractivity contribution in [1.29, 1.82) is 0 Å². The van der Waals surface area contributed by atoms with Crippen LogP contribution in [0.25, 0.3) is 5.70 Å². The number of likely N-dealkylation sites (N-methyl/N-ethyl adjacent to an activating group) is 1. The van der Waals surface area contributed by atoms with E-state index in [1.807, 2.05) is 6.07 Å². The van der Waals surface area contributed by atoms with E-state index in [-0.39, 0.29) is 6.17 Å². The zero-order chi connectivity index (χ0) is 17.9. The van der Waals surface area contributed by atoms with Crippen LogP contribution in [0.1, 0.15) is 24.5 Å². The van der Waals surface area contributed by atoms with E-state index >= 15 is 0 Å². The molecule has 1 aliphatic carbocycles. The molecule has 0 amide bonds. The fourth-order valence-corrected chi connectivity index (χ4v) is 3.51. The van der Waals surface area contributed by atoms with Crippen molar-refractivity contribution in [2.75, 3.05) is 7.05 Å². The molecule has 2 unspecified atom stereocenters. The number of rotatable bonds is 3. The van der Waals surface area contributed by atoms with Gasteiger partial charge in [0.1, 0.15) is 6.17 Å². The highest BCUT2D eigenvalue weighted by molar-refractivity contribution is 6.13. The average Bonchev–Trinajstić information content (AvgIpc) is 2.70. The second kappa shape index (κ2) is 7.17. The van der Waals surface area contributed by atoms with Crippen molar-refractivity contribution in [1.82, 2.24) is 4.90 Å². The summed E-state index contributed by atoms with van der Waals surface area (Å²) < 4.78 is 0. The number of benzene rings is 2. The molecular weight excluding hydrogens is 316 g/mol. The number of nitrogens with zero attached hydrogens (tertiary/aromatic N) is 2. The van der Waals surface area contributed by atoms with E-state index in [1.54, 1.807) is 0 Å². The molecule has 2 aromatic rings. The molecule has 26 heavy (non-hydrogen) atoms. The van der Waals surface area contributed by atoms with Gasteiger partial charge >= 0.3 is 0 Å². The van der Waals surface area contributed by atoms with Gasteiger partial charge in [-0.05, 0) is 35.1 Å². The Bertz CT molecular complexity index is 888. The third-order valence-corrected chi connectivity index (χ3v) is 5.06. The summed E-state index contributed by atoms with van der Waals surface area (Å²) in [5.41, 5.74) is 5.91. The molecule has 0 saturated carbocycles. The lowest BCUT2D eigenvalue weighted by atomic mass is 9.94. The molecule has 0 spiro atoms. The lowest BCUT2D eigenvalue weighted by molar-refractivity contribution is 0.399. The van der Waals surface area contributed by atoms with Crippen molar-refractivity contribution < 1.29 is 0 Å². The topological polar surface area (TPSA) is 15.6 Å². The first-order valence-electron chi connectivity index (χ1n) is 9.24. The van der Waals surface area contributed by atoms with Gasteiger partial charge in [0.05, 0.1) is 5.71 Å². The Morgan fingerprint density at radius 3 is 2.19 bits per heavy atom. The van der Waals surface area contributed by atoms with E-state index < -0.39 is 0 Å². The van der Waals surface area contributed by atoms with Crippen LogP contribution in [-0.4, -0.2) is 23.8 Å². The Morgan fingerprint density at radius 2 is 1.58 bits per heavy atom. The summed E-state index contributed by atoms with van der Waals surface area (Å²) >= 11 is 0. The Morgan fingerprint density at radius 1 is 0.923 bits per heavy atom. The molecule has 2 aromatic carbocycles. The minimum absolute atomic E-state index is 0.00848. The van der Waals surface area contributed by atoms with Crippen LogP contribution in [0.5, 0.6) is 0 Å². The molecule has 0 bridgehead atoms. The van der Waals surface area contributed by atoms with Crippen LogP contribution >= 0.6 is 0 Å². The Balaban J connectivity index is 1.79. The predicted molar refractivity (Wildman–Crippen MR) is 110 cm³/mol. The smallest absolute Gasteiger partial charge is 0.147 e. The molecule has 1 aliphatic heterocycles. The van der Waals surface area contributed by atoms with Crippen LogP contribution < -0.4 is 0 Å². The van der Waals surface area contributed by atoms with Gasteiger partial charge in [-0.15, -0.1) is 0 Å². The van der Waals surface area contributed by atoms with Crippen LogP contribution in [0.3, 0.4) is 0 Å². The van der Waals surface area contributed by atoms with Crippen molar-refractivity contribution in [2.45, 2.75) is 19.5 Å². The molecule has 0 aromatic heterocycles. The normalized spacial score (nSPS) is 22.5. The maximum absolute atomic E-state index is 5.10. The Kier molecular flexibility index (Phi) is 4.57. The van der Waals surface area contributed by atoms with Crippen molar-refractivity contribution in [3.05, 3.63) is 102 Å². The van der Waals surface area contributed by atoms with E-state index in [9.17, 15) is 0 Å².